The number of thiophene rings is 1. The van der Waals surface area contributed by atoms with E-state index in [4.69, 9.17) is 0 Å². The second-order valence-electron chi connectivity index (χ2n) is 8.55. The largest absolute Gasteiger partial charge is 0.362 e. The summed E-state index contributed by atoms with van der Waals surface area (Å²) in [6.45, 7) is 1.80. The summed E-state index contributed by atoms with van der Waals surface area (Å²) in [7, 11) is 0. The SMILES string of the molecule is CC1=C(C(=O)Nc2ccc(F)cc2)C(c2ccc(F)cc2)C2=C(CC(c3cccs3)CC2=O)N1. The summed E-state index contributed by atoms with van der Waals surface area (Å²) in [5, 5.41) is 8.14. The molecule has 34 heavy (non-hydrogen) atoms. The van der Waals surface area contributed by atoms with Crippen LogP contribution in [0, 0.1) is 11.6 Å². The first-order valence-corrected chi connectivity index (χ1v) is 11.9. The lowest BCUT2D eigenvalue weighted by atomic mass is 9.72. The Morgan fingerprint density at radius 2 is 1.68 bits per heavy atom. The first-order chi connectivity index (χ1) is 16.4. The van der Waals surface area contributed by atoms with Crippen LogP contribution >= 0.6 is 11.3 Å². The zero-order valence-corrected chi connectivity index (χ0v) is 19.2. The molecule has 0 saturated heterocycles. The lowest BCUT2D eigenvalue weighted by Crippen LogP contribution is -2.37. The summed E-state index contributed by atoms with van der Waals surface area (Å²) in [4.78, 5) is 28.1. The summed E-state index contributed by atoms with van der Waals surface area (Å²) >= 11 is 1.63. The highest BCUT2D eigenvalue weighted by Crippen LogP contribution is 2.46. The molecular formula is C27H22F2N2O2S. The number of hydrogen-bond donors (Lipinski definition) is 2. The van der Waals surface area contributed by atoms with E-state index in [1.54, 1.807) is 30.4 Å². The van der Waals surface area contributed by atoms with Crippen LogP contribution in [0.2, 0.25) is 0 Å². The molecule has 3 aromatic rings. The van der Waals surface area contributed by atoms with Crippen LogP contribution in [-0.2, 0) is 9.59 Å². The minimum absolute atomic E-state index is 0.0268. The van der Waals surface area contributed by atoms with Gasteiger partial charge in [-0.1, -0.05) is 18.2 Å². The van der Waals surface area contributed by atoms with E-state index in [-0.39, 0.29) is 11.7 Å². The molecular weight excluding hydrogens is 454 g/mol. The number of ketones is 1. The third kappa shape index (κ3) is 4.19. The number of carbonyl (C=O) groups excluding carboxylic acids is 2. The van der Waals surface area contributed by atoms with Crippen molar-refractivity contribution in [3.8, 4) is 0 Å². The van der Waals surface area contributed by atoms with E-state index in [9.17, 15) is 18.4 Å². The maximum absolute atomic E-state index is 13.7. The van der Waals surface area contributed by atoms with Gasteiger partial charge in [-0.3, -0.25) is 9.59 Å². The molecule has 0 bridgehead atoms. The maximum Gasteiger partial charge on any atom is 0.254 e. The van der Waals surface area contributed by atoms with E-state index in [1.807, 2.05) is 17.5 Å². The van der Waals surface area contributed by atoms with Crippen molar-refractivity contribution in [1.29, 1.82) is 0 Å². The van der Waals surface area contributed by atoms with Crippen molar-refractivity contribution in [2.75, 3.05) is 5.32 Å². The van der Waals surface area contributed by atoms with Gasteiger partial charge in [0.15, 0.2) is 5.78 Å². The zero-order valence-electron chi connectivity index (χ0n) is 18.4. The van der Waals surface area contributed by atoms with Crippen LogP contribution in [0.5, 0.6) is 0 Å². The van der Waals surface area contributed by atoms with Crippen molar-refractivity contribution in [2.24, 2.45) is 0 Å². The minimum Gasteiger partial charge on any atom is -0.362 e. The Labute approximate surface area is 200 Å². The van der Waals surface area contributed by atoms with Crippen LogP contribution in [0.3, 0.4) is 0 Å². The van der Waals surface area contributed by atoms with Gasteiger partial charge >= 0.3 is 0 Å². The van der Waals surface area contributed by atoms with Crippen LogP contribution in [0.4, 0.5) is 14.5 Å². The molecule has 5 rings (SSSR count). The van der Waals surface area contributed by atoms with E-state index in [0.29, 0.717) is 40.9 Å². The molecule has 2 N–H and O–H groups in total. The fraction of sp³-hybridized carbons (Fsp3) is 0.185. The number of amides is 1. The number of halogens is 2. The molecule has 172 valence electrons. The predicted octanol–water partition coefficient (Wildman–Crippen LogP) is 6.03. The molecule has 2 heterocycles. The Morgan fingerprint density at radius 1 is 1.00 bits per heavy atom. The summed E-state index contributed by atoms with van der Waals surface area (Å²) in [5.41, 5.74) is 3.48. The average Bonchev–Trinajstić information content (AvgIpc) is 3.35. The Hall–Kier alpha value is -3.58. The van der Waals surface area contributed by atoms with E-state index >= 15 is 0 Å². The van der Waals surface area contributed by atoms with E-state index < -0.39 is 23.5 Å². The molecule has 0 fully saturated rings. The molecule has 1 amide bonds. The Bertz CT molecular complexity index is 1310. The van der Waals surface area contributed by atoms with Gasteiger partial charge in [-0.2, -0.15) is 0 Å². The smallest absolute Gasteiger partial charge is 0.254 e. The lowest BCUT2D eigenvalue weighted by Gasteiger charge is -2.36. The van der Waals surface area contributed by atoms with Crippen molar-refractivity contribution >= 4 is 28.7 Å². The van der Waals surface area contributed by atoms with Gasteiger partial charge in [0, 0.05) is 51.4 Å². The number of allylic oxidation sites excluding steroid dienone is 3. The number of Topliss-reactive ketones (excluding diaryl/α,β-unsaturated/α-hetero) is 1. The predicted molar refractivity (Wildman–Crippen MR) is 128 cm³/mol. The van der Waals surface area contributed by atoms with Gasteiger partial charge in [0.05, 0.1) is 0 Å². The highest BCUT2D eigenvalue weighted by molar-refractivity contribution is 7.10. The summed E-state index contributed by atoms with van der Waals surface area (Å²) in [5.74, 6) is -1.77. The Kier molecular flexibility index (Phi) is 5.87. The van der Waals surface area contributed by atoms with E-state index in [0.717, 1.165) is 10.6 Å². The zero-order chi connectivity index (χ0) is 23.8. The number of rotatable bonds is 4. The van der Waals surface area contributed by atoms with Gasteiger partial charge in [0.1, 0.15) is 11.6 Å². The van der Waals surface area contributed by atoms with Crippen LogP contribution in [-0.4, -0.2) is 11.7 Å². The Morgan fingerprint density at radius 3 is 2.32 bits per heavy atom. The highest BCUT2D eigenvalue weighted by Gasteiger charge is 2.41. The third-order valence-corrected chi connectivity index (χ3v) is 7.36. The summed E-state index contributed by atoms with van der Waals surface area (Å²) in [6, 6.07) is 15.4. The molecule has 2 unspecified atom stereocenters. The molecule has 1 aliphatic heterocycles. The molecule has 0 spiro atoms. The third-order valence-electron chi connectivity index (χ3n) is 6.32. The fourth-order valence-electron chi connectivity index (χ4n) is 4.79. The topological polar surface area (TPSA) is 58.2 Å². The molecule has 2 aliphatic rings. The van der Waals surface area contributed by atoms with Gasteiger partial charge in [0.25, 0.3) is 5.91 Å². The van der Waals surface area contributed by atoms with Crippen molar-refractivity contribution in [3.05, 3.63) is 111 Å². The van der Waals surface area contributed by atoms with Crippen LogP contribution in [0.25, 0.3) is 0 Å². The summed E-state index contributed by atoms with van der Waals surface area (Å²) < 4.78 is 27.0. The summed E-state index contributed by atoms with van der Waals surface area (Å²) in [6.07, 6.45) is 1.01. The maximum atomic E-state index is 13.7. The average molecular weight is 477 g/mol. The lowest BCUT2D eigenvalue weighted by molar-refractivity contribution is -0.116. The van der Waals surface area contributed by atoms with Crippen LogP contribution in [0.15, 0.2) is 88.6 Å². The number of nitrogens with one attached hydrogen (secondary N) is 2. The normalized spacial score (nSPS) is 20.1. The number of anilines is 1. The van der Waals surface area contributed by atoms with Gasteiger partial charge in [-0.15, -0.1) is 11.3 Å². The molecule has 2 atom stereocenters. The minimum atomic E-state index is -0.630. The van der Waals surface area contributed by atoms with Crippen LogP contribution < -0.4 is 10.6 Å². The van der Waals surface area contributed by atoms with Crippen molar-refractivity contribution in [3.63, 3.8) is 0 Å². The number of dihydropyridines is 1. The van der Waals surface area contributed by atoms with Crippen molar-refractivity contribution < 1.29 is 18.4 Å². The number of carbonyl (C=O) groups is 2. The second-order valence-corrected chi connectivity index (χ2v) is 9.52. The highest BCUT2D eigenvalue weighted by atomic mass is 32.1. The first kappa shape index (κ1) is 22.2. The Balaban J connectivity index is 1.55. The fourth-order valence-corrected chi connectivity index (χ4v) is 5.62. The standard InChI is InChI=1S/C27H22F2N2O2S/c1-15-24(27(33)31-20-10-8-19(29)9-11-20)25(16-4-6-18(28)7-5-16)26-21(30-15)13-17(14-22(26)32)23-3-2-12-34-23/h2-12,17,25,30H,13-14H2,1H3,(H,31,33). The molecule has 0 saturated carbocycles. The molecule has 4 nitrogen and oxygen atoms in total. The number of hydrogen-bond acceptors (Lipinski definition) is 4. The van der Waals surface area contributed by atoms with Gasteiger partial charge in [-0.25, -0.2) is 8.78 Å². The van der Waals surface area contributed by atoms with Gasteiger partial charge in [-0.05, 0) is 66.8 Å². The molecule has 0 radical (unpaired) electrons. The number of benzene rings is 2. The van der Waals surface area contributed by atoms with E-state index in [2.05, 4.69) is 10.6 Å². The molecule has 1 aliphatic carbocycles. The molecule has 1 aromatic heterocycles. The van der Waals surface area contributed by atoms with Crippen LogP contribution in [0.1, 0.15) is 42.0 Å². The van der Waals surface area contributed by atoms with E-state index in [1.165, 1.54) is 36.4 Å². The molecule has 7 heteroatoms. The second kappa shape index (κ2) is 8.99. The first-order valence-electron chi connectivity index (χ1n) is 11.0. The van der Waals surface area contributed by atoms with Gasteiger partial charge in [0.2, 0.25) is 0 Å². The molecule has 2 aromatic carbocycles. The quantitative estimate of drug-likeness (QED) is 0.484. The van der Waals surface area contributed by atoms with Crippen molar-refractivity contribution in [1.82, 2.24) is 5.32 Å². The van der Waals surface area contributed by atoms with Crippen molar-refractivity contribution in [2.45, 2.75) is 31.6 Å². The monoisotopic (exact) mass is 476 g/mol. The van der Waals surface area contributed by atoms with Gasteiger partial charge < -0.3 is 10.6 Å².